The normalized spacial score (nSPS) is 23.2. The molecule has 118 valence electrons. The maximum absolute atomic E-state index is 9.98. The van der Waals surface area contributed by atoms with Crippen molar-refractivity contribution >= 4 is 0 Å². The van der Waals surface area contributed by atoms with Crippen molar-refractivity contribution < 1.29 is 14.6 Å². The Morgan fingerprint density at radius 2 is 2.24 bits per heavy atom. The molecule has 1 aromatic carbocycles. The van der Waals surface area contributed by atoms with Crippen LogP contribution >= 0.6 is 0 Å². The van der Waals surface area contributed by atoms with E-state index in [1.165, 1.54) is 0 Å². The fraction of sp³-hybridized carbons (Fsp3) is 0.647. The molecule has 1 saturated heterocycles. The second-order valence-corrected chi connectivity index (χ2v) is 5.75. The van der Waals surface area contributed by atoms with Crippen LogP contribution in [0.25, 0.3) is 0 Å². The summed E-state index contributed by atoms with van der Waals surface area (Å²) in [5, 5.41) is 13.3. The monoisotopic (exact) mass is 293 g/mol. The van der Waals surface area contributed by atoms with E-state index in [9.17, 15) is 5.11 Å². The quantitative estimate of drug-likeness (QED) is 0.771. The predicted molar refractivity (Wildman–Crippen MR) is 83.7 cm³/mol. The molecule has 0 aromatic heterocycles. The summed E-state index contributed by atoms with van der Waals surface area (Å²) in [6.07, 6.45) is 2.05. The van der Waals surface area contributed by atoms with Crippen molar-refractivity contribution in [2.75, 3.05) is 26.3 Å². The average Bonchev–Trinajstić information content (AvgIpc) is 2.94. The van der Waals surface area contributed by atoms with E-state index in [0.717, 1.165) is 37.3 Å². The number of benzene rings is 1. The minimum Gasteiger partial charge on any atom is -0.491 e. The predicted octanol–water partition coefficient (Wildman–Crippen LogP) is 2.14. The highest BCUT2D eigenvalue weighted by Crippen LogP contribution is 2.22. The fourth-order valence-electron chi connectivity index (χ4n) is 2.78. The first kappa shape index (κ1) is 16.3. The molecule has 1 aromatic rings. The van der Waals surface area contributed by atoms with E-state index in [1.807, 2.05) is 31.2 Å². The zero-order valence-electron chi connectivity index (χ0n) is 13.0. The molecule has 4 nitrogen and oxygen atoms in total. The van der Waals surface area contributed by atoms with Gasteiger partial charge in [-0.1, -0.05) is 25.1 Å². The van der Waals surface area contributed by atoms with Gasteiger partial charge in [0, 0.05) is 19.7 Å². The molecule has 1 heterocycles. The standard InChI is InChI=1S/C17H27NO3/c1-3-16-14(8-9-20-16)10-18-11-15(19)12-21-17-7-5-4-6-13(17)2/h4-7,14-16,18-19H,3,8-12H2,1-2H3. The molecule has 1 aliphatic heterocycles. The van der Waals surface area contributed by atoms with E-state index in [1.54, 1.807) is 0 Å². The summed E-state index contributed by atoms with van der Waals surface area (Å²) in [4.78, 5) is 0. The molecular formula is C17H27NO3. The van der Waals surface area contributed by atoms with Crippen LogP contribution in [0.1, 0.15) is 25.3 Å². The van der Waals surface area contributed by atoms with Gasteiger partial charge in [-0.3, -0.25) is 0 Å². The number of rotatable bonds is 8. The van der Waals surface area contributed by atoms with Gasteiger partial charge in [-0.15, -0.1) is 0 Å². The van der Waals surface area contributed by atoms with E-state index in [-0.39, 0.29) is 0 Å². The van der Waals surface area contributed by atoms with Crippen LogP contribution < -0.4 is 10.1 Å². The molecule has 0 radical (unpaired) electrons. The van der Waals surface area contributed by atoms with Crippen LogP contribution in [0.15, 0.2) is 24.3 Å². The van der Waals surface area contributed by atoms with Crippen molar-refractivity contribution in [3.8, 4) is 5.75 Å². The van der Waals surface area contributed by atoms with Gasteiger partial charge in [0.15, 0.2) is 0 Å². The molecule has 0 aliphatic carbocycles. The molecule has 3 atom stereocenters. The van der Waals surface area contributed by atoms with Gasteiger partial charge in [0.05, 0.1) is 6.10 Å². The van der Waals surface area contributed by atoms with Crippen LogP contribution in [0.2, 0.25) is 0 Å². The number of ether oxygens (including phenoxy) is 2. The van der Waals surface area contributed by atoms with Gasteiger partial charge in [0.25, 0.3) is 0 Å². The molecule has 1 aliphatic rings. The zero-order chi connectivity index (χ0) is 15.1. The van der Waals surface area contributed by atoms with Crippen molar-refractivity contribution in [2.45, 2.75) is 38.9 Å². The largest absolute Gasteiger partial charge is 0.491 e. The lowest BCUT2D eigenvalue weighted by atomic mass is 10.00. The second-order valence-electron chi connectivity index (χ2n) is 5.75. The molecule has 0 spiro atoms. The number of hydrogen-bond acceptors (Lipinski definition) is 4. The first-order chi connectivity index (χ1) is 10.2. The van der Waals surface area contributed by atoms with E-state index in [4.69, 9.17) is 9.47 Å². The van der Waals surface area contributed by atoms with Gasteiger partial charge >= 0.3 is 0 Å². The minimum absolute atomic E-state index is 0.316. The Labute approximate surface area is 127 Å². The number of aliphatic hydroxyl groups excluding tert-OH is 1. The molecular weight excluding hydrogens is 266 g/mol. The summed E-state index contributed by atoms with van der Waals surface area (Å²) in [5.74, 6) is 1.41. The molecule has 1 fully saturated rings. The Morgan fingerprint density at radius 1 is 1.43 bits per heavy atom. The molecule has 2 N–H and O–H groups in total. The molecule has 0 saturated carbocycles. The number of aliphatic hydroxyl groups is 1. The Bertz CT molecular complexity index is 424. The smallest absolute Gasteiger partial charge is 0.122 e. The van der Waals surface area contributed by atoms with E-state index in [2.05, 4.69) is 12.2 Å². The van der Waals surface area contributed by atoms with E-state index < -0.39 is 6.10 Å². The van der Waals surface area contributed by atoms with Gasteiger partial charge in [0.2, 0.25) is 0 Å². The van der Waals surface area contributed by atoms with Crippen molar-refractivity contribution in [2.24, 2.45) is 5.92 Å². The first-order valence-electron chi connectivity index (χ1n) is 7.89. The summed E-state index contributed by atoms with van der Waals surface area (Å²) >= 11 is 0. The van der Waals surface area contributed by atoms with Gasteiger partial charge in [0.1, 0.15) is 18.5 Å². The molecule has 4 heteroatoms. The third kappa shape index (κ3) is 4.99. The Kier molecular flexibility index (Phi) is 6.49. The maximum Gasteiger partial charge on any atom is 0.122 e. The lowest BCUT2D eigenvalue weighted by Gasteiger charge is -2.19. The average molecular weight is 293 g/mol. The molecule has 3 unspecified atom stereocenters. The third-order valence-corrected chi connectivity index (χ3v) is 4.06. The third-order valence-electron chi connectivity index (χ3n) is 4.06. The van der Waals surface area contributed by atoms with Gasteiger partial charge < -0.3 is 19.9 Å². The molecule has 0 amide bonds. The van der Waals surface area contributed by atoms with Crippen molar-refractivity contribution in [1.82, 2.24) is 5.32 Å². The van der Waals surface area contributed by atoms with Crippen LogP contribution in [0.3, 0.4) is 0 Å². The topological polar surface area (TPSA) is 50.7 Å². The van der Waals surface area contributed by atoms with Gasteiger partial charge in [-0.25, -0.2) is 0 Å². The summed E-state index contributed by atoms with van der Waals surface area (Å²) in [5.41, 5.74) is 1.09. The lowest BCUT2D eigenvalue weighted by molar-refractivity contribution is 0.0822. The Morgan fingerprint density at radius 3 is 3.00 bits per heavy atom. The fourth-order valence-corrected chi connectivity index (χ4v) is 2.78. The van der Waals surface area contributed by atoms with Crippen molar-refractivity contribution in [1.29, 1.82) is 0 Å². The van der Waals surface area contributed by atoms with Crippen molar-refractivity contribution in [3.63, 3.8) is 0 Å². The second kappa shape index (κ2) is 8.37. The first-order valence-corrected chi connectivity index (χ1v) is 7.89. The van der Waals surface area contributed by atoms with Crippen LogP contribution in [0.5, 0.6) is 5.75 Å². The van der Waals surface area contributed by atoms with Crippen LogP contribution in [-0.4, -0.2) is 43.6 Å². The number of nitrogens with one attached hydrogen (secondary N) is 1. The van der Waals surface area contributed by atoms with Gasteiger partial charge in [-0.05, 0) is 37.3 Å². The highest BCUT2D eigenvalue weighted by atomic mass is 16.5. The Hall–Kier alpha value is -1.10. The molecule has 0 bridgehead atoms. The SMILES string of the molecule is CCC1OCCC1CNCC(O)COc1ccccc1C. The maximum atomic E-state index is 9.98. The Balaban J connectivity index is 1.64. The molecule has 21 heavy (non-hydrogen) atoms. The summed E-state index contributed by atoms with van der Waals surface area (Å²) < 4.78 is 11.3. The van der Waals surface area contributed by atoms with Crippen LogP contribution in [0, 0.1) is 12.8 Å². The number of para-hydroxylation sites is 1. The molecule has 2 rings (SSSR count). The number of aryl methyl sites for hydroxylation is 1. The minimum atomic E-state index is -0.494. The number of hydrogen-bond donors (Lipinski definition) is 2. The lowest BCUT2D eigenvalue weighted by Crippen LogP contribution is -2.36. The van der Waals surface area contributed by atoms with E-state index in [0.29, 0.717) is 25.2 Å². The van der Waals surface area contributed by atoms with Crippen molar-refractivity contribution in [3.05, 3.63) is 29.8 Å². The summed E-state index contributed by atoms with van der Waals surface area (Å²) in [6, 6.07) is 7.86. The highest BCUT2D eigenvalue weighted by Gasteiger charge is 2.26. The van der Waals surface area contributed by atoms with Gasteiger partial charge in [-0.2, -0.15) is 0 Å². The summed E-state index contributed by atoms with van der Waals surface area (Å²) in [7, 11) is 0. The van der Waals surface area contributed by atoms with Crippen LogP contribution in [0.4, 0.5) is 0 Å². The van der Waals surface area contributed by atoms with E-state index >= 15 is 0 Å². The highest BCUT2D eigenvalue weighted by molar-refractivity contribution is 5.31. The zero-order valence-corrected chi connectivity index (χ0v) is 13.0. The summed E-state index contributed by atoms with van der Waals surface area (Å²) in [6.45, 7) is 6.80. The van der Waals surface area contributed by atoms with Crippen LogP contribution in [-0.2, 0) is 4.74 Å².